The van der Waals surface area contributed by atoms with E-state index in [1.807, 2.05) is 18.4 Å². The van der Waals surface area contributed by atoms with Crippen molar-refractivity contribution in [3.8, 4) is 5.75 Å². The zero-order valence-electron chi connectivity index (χ0n) is 18.9. The fourth-order valence-corrected chi connectivity index (χ4v) is 4.04. The van der Waals surface area contributed by atoms with Gasteiger partial charge in [0, 0.05) is 15.8 Å². The van der Waals surface area contributed by atoms with Crippen LogP contribution in [0, 0.1) is 0 Å². The van der Waals surface area contributed by atoms with Crippen molar-refractivity contribution in [1.82, 2.24) is 10.2 Å². The second-order valence-electron chi connectivity index (χ2n) is 7.72. The van der Waals surface area contributed by atoms with E-state index in [-0.39, 0.29) is 17.6 Å². The van der Waals surface area contributed by atoms with Crippen LogP contribution in [0.2, 0.25) is 0 Å². The molecule has 4 rings (SSSR count). The summed E-state index contributed by atoms with van der Waals surface area (Å²) in [6, 6.07) is 12.4. The first-order valence-corrected chi connectivity index (χ1v) is 11.8. The molecule has 1 aromatic heterocycles. The molecule has 0 unspecified atom stereocenters. The number of rotatable bonds is 6. The fraction of sp³-hybridized carbons (Fsp3) is 0.167. The van der Waals surface area contributed by atoms with E-state index in [0.29, 0.717) is 22.7 Å². The van der Waals surface area contributed by atoms with Crippen molar-refractivity contribution in [2.75, 3.05) is 16.9 Å². The Balaban J connectivity index is 1.52. The van der Waals surface area contributed by atoms with Gasteiger partial charge in [0.2, 0.25) is 0 Å². The third kappa shape index (κ3) is 6.10. The molecule has 0 saturated heterocycles. The smallest absolute Gasteiger partial charge is 0.416 e. The third-order valence-electron chi connectivity index (χ3n) is 5.26. The molecule has 2 amide bonds. The van der Waals surface area contributed by atoms with Crippen LogP contribution in [0.1, 0.15) is 16.7 Å². The van der Waals surface area contributed by atoms with Crippen LogP contribution in [0.5, 0.6) is 5.75 Å². The summed E-state index contributed by atoms with van der Waals surface area (Å²) >= 11 is 1.45. The van der Waals surface area contributed by atoms with Crippen molar-refractivity contribution in [3.05, 3.63) is 77.4 Å². The molecule has 4 aromatic rings. The molecule has 0 radical (unpaired) electrons. The maximum absolute atomic E-state index is 13.4. The summed E-state index contributed by atoms with van der Waals surface area (Å²) in [6.45, 7) is -0.634. The van der Waals surface area contributed by atoms with Crippen LogP contribution in [0.3, 0.4) is 0 Å². The van der Waals surface area contributed by atoms with E-state index >= 15 is 0 Å². The quantitative estimate of drug-likeness (QED) is 0.174. The molecule has 0 fully saturated rings. The zero-order valence-corrected chi connectivity index (χ0v) is 19.7. The molecule has 0 aliphatic rings. The SMILES string of the molecule is CSc1ccccc1NC(=O)Nc1n[nH]c2ccc(OCc3ccc(C(F)(F)F)cc3C(F)(F)F)cc12. The Morgan fingerprint density at radius 3 is 2.43 bits per heavy atom. The molecular formula is C24H18F6N4O2S. The Kier molecular flexibility index (Phi) is 7.25. The Hall–Kier alpha value is -3.87. The molecule has 0 aliphatic heterocycles. The van der Waals surface area contributed by atoms with Crippen LogP contribution < -0.4 is 15.4 Å². The van der Waals surface area contributed by atoms with Crippen LogP contribution in [-0.2, 0) is 19.0 Å². The molecule has 194 valence electrons. The van der Waals surface area contributed by atoms with E-state index in [1.165, 1.54) is 23.9 Å². The number of halogens is 6. The number of para-hydroxylation sites is 1. The summed E-state index contributed by atoms with van der Waals surface area (Å²) in [5, 5.41) is 12.5. The number of urea groups is 1. The van der Waals surface area contributed by atoms with Crippen LogP contribution in [0.15, 0.2) is 65.6 Å². The highest BCUT2D eigenvalue weighted by atomic mass is 32.2. The lowest BCUT2D eigenvalue weighted by Crippen LogP contribution is -2.20. The Labute approximate surface area is 210 Å². The number of carbonyl (C=O) groups excluding carboxylic acids is 1. The molecule has 1 heterocycles. The Morgan fingerprint density at radius 2 is 1.73 bits per heavy atom. The summed E-state index contributed by atoms with van der Waals surface area (Å²) in [4.78, 5) is 13.4. The van der Waals surface area contributed by atoms with E-state index in [2.05, 4.69) is 20.8 Å². The molecular weight excluding hydrogens is 522 g/mol. The summed E-state index contributed by atoms with van der Waals surface area (Å²) < 4.78 is 84.4. The normalized spacial score (nSPS) is 12.0. The monoisotopic (exact) mass is 540 g/mol. The van der Waals surface area contributed by atoms with Gasteiger partial charge in [0.1, 0.15) is 12.4 Å². The first-order chi connectivity index (χ1) is 17.5. The van der Waals surface area contributed by atoms with Gasteiger partial charge in [0.25, 0.3) is 0 Å². The van der Waals surface area contributed by atoms with E-state index in [9.17, 15) is 31.1 Å². The van der Waals surface area contributed by atoms with Crippen molar-refractivity contribution < 1.29 is 35.9 Å². The van der Waals surface area contributed by atoms with E-state index in [4.69, 9.17) is 4.74 Å². The van der Waals surface area contributed by atoms with Crippen molar-refractivity contribution in [1.29, 1.82) is 0 Å². The Bertz CT molecular complexity index is 1440. The van der Waals surface area contributed by atoms with Gasteiger partial charge in [0.05, 0.1) is 22.3 Å². The minimum atomic E-state index is -5.01. The number of hydrogen-bond donors (Lipinski definition) is 3. The molecule has 3 aromatic carbocycles. The third-order valence-corrected chi connectivity index (χ3v) is 6.05. The predicted molar refractivity (Wildman–Crippen MR) is 128 cm³/mol. The van der Waals surface area contributed by atoms with Gasteiger partial charge in [-0.05, 0) is 48.7 Å². The number of alkyl halides is 6. The molecule has 0 aliphatic carbocycles. The van der Waals surface area contributed by atoms with Crippen LogP contribution in [0.4, 0.5) is 42.6 Å². The maximum Gasteiger partial charge on any atom is 0.416 e. The number of nitrogens with zero attached hydrogens (tertiary/aromatic N) is 1. The van der Waals surface area contributed by atoms with Crippen molar-refractivity contribution >= 4 is 40.2 Å². The van der Waals surface area contributed by atoms with Gasteiger partial charge in [-0.15, -0.1) is 11.8 Å². The van der Waals surface area contributed by atoms with Gasteiger partial charge < -0.3 is 10.1 Å². The highest BCUT2D eigenvalue weighted by Crippen LogP contribution is 2.38. The summed E-state index contributed by atoms with van der Waals surface area (Å²) in [6.07, 6.45) is -8.06. The lowest BCUT2D eigenvalue weighted by molar-refractivity contribution is -0.143. The van der Waals surface area contributed by atoms with Crippen LogP contribution in [0.25, 0.3) is 10.9 Å². The number of aromatic amines is 1. The first kappa shape index (κ1) is 26.2. The minimum Gasteiger partial charge on any atom is -0.489 e. The molecule has 37 heavy (non-hydrogen) atoms. The van der Waals surface area contributed by atoms with Gasteiger partial charge in [-0.2, -0.15) is 31.4 Å². The topological polar surface area (TPSA) is 79.0 Å². The lowest BCUT2D eigenvalue weighted by Gasteiger charge is -2.16. The summed E-state index contributed by atoms with van der Waals surface area (Å²) in [7, 11) is 0. The summed E-state index contributed by atoms with van der Waals surface area (Å²) in [5.41, 5.74) is -2.20. The number of benzene rings is 3. The number of H-pyrrole nitrogens is 1. The Morgan fingerprint density at radius 1 is 0.973 bits per heavy atom. The van der Waals surface area contributed by atoms with Crippen molar-refractivity contribution in [3.63, 3.8) is 0 Å². The molecule has 0 saturated carbocycles. The molecule has 6 nitrogen and oxygen atoms in total. The van der Waals surface area contributed by atoms with Gasteiger partial charge in [-0.1, -0.05) is 18.2 Å². The van der Waals surface area contributed by atoms with E-state index < -0.39 is 41.7 Å². The molecule has 0 atom stereocenters. The standard InChI is InChI=1S/C24H18F6N4O2S/c1-37-20-5-3-2-4-19(20)31-22(35)32-21-16-11-15(8-9-18(16)33-34-21)36-12-13-6-7-14(23(25,26)27)10-17(13)24(28,29)30/h2-11H,12H2,1H3,(H3,31,32,33,34,35). The number of anilines is 2. The van der Waals surface area contributed by atoms with Gasteiger partial charge in [-0.25, -0.2) is 4.79 Å². The van der Waals surface area contributed by atoms with Gasteiger partial charge >= 0.3 is 18.4 Å². The second kappa shape index (κ2) is 10.2. The van der Waals surface area contributed by atoms with Crippen molar-refractivity contribution in [2.24, 2.45) is 0 Å². The fourth-order valence-electron chi connectivity index (χ4n) is 3.49. The van der Waals surface area contributed by atoms with Crippen LogP contribution in [-0.4, -0.2) is 22.5 Å². The molecule has 13 heteroatoms. The number of hydrogen-bond acceptors (Lipinski definition) is 4. The largest absolute Gasteiger partial charge is 0.489 e. The molecule has 3 N–H and O–H groups in total. The molecule has 0 spiro atoms. The minimum absolute atomic E-state index is 0.0633. The number of carbonyl (C=O) groups is 1. The second-order valence-corrected chi connectivity index (χ2v) is 8.56. The number of fused-ring (bicyclic) bond motifs is 1. The van der Waals surface area contributed by atoms with E-state index in [0.717, 1.165) is 11.0 Å². The number of amides is 2. The van der Waals surface area contributed by atoms with Crippen molar-refractivity contribution in [2.45, 2.75) is 23.9 Å². The van der Waals surface area contributed by atoms with Crippen LogP contribution >= 0.6 is 11.8 Å². The molecule has 0 bridgehead atoms. The number of ether oxygens (including phenoxy) is 1. The van der Waals surface area contributed by atoms with Gasteiger partial charge in [-0.3, -0.25) is 10.4 Å². The number of thioether (sulfide) groups is 1. The average molecular weight is 540 g/mol. The maximum atomic E-state index is 13.4. The summed E-state index contributed by atoms with van der Waals surface area (Å²) in [5.74, 6) is 0.267. The highest BCUT2D eigenvalue weighted by Gasteiger charge is 2.38. The predicted octanol–water partition coefficient (Wildman–Crippen LogP) is 7.55. The number of aromatic nitrogens is 2. The highest BCUT2D eigenvalue weighted by molar-refractivity contribution is 7.98. The number of nitrogens with one attached hydrogen (secondary N) is 3. The zero-order chi connectivity index (χ0) is 26.8. The first-order valence-electron chi connectivity index (χ1n) is 10.5. The van der Waals surface area contributed by atoms with E-state index in [1.54, 1.807) is 18.2 Å². The average Bonchev–Trinajstić information content (AvgIpc) is 3.23. The lowest BCUT2D eigenvalue weighted by atomic mass is 10.0. The van der Waals surface area contributed by atoms with Gasteiger partial charge in [0.15, 0.2) is 5.82 Å².